The molecule has 5 nitrogen and oxygen atoms in total. The van der Waals surface area contributed by atoms with Crippen molar-refractivity contribution in [2.24, 2.45) is 5.73 Å². The first-order valence-corrected chi connectivity index (χ1v) is 8.82. The molecule has 1 heterocycles. The minimum absolute atomic E-state index is 0.0689. The lowest BCUT2D eigenvalue weighted by atomic mass is 9.95. The second-order valence-electron chi connectivity index (χ2n) is 6.71. The molecule has 0 aliphatic heterocycles. The Balaban J connectivity index is 2.04. The van der Waals surface area contributed by atoms with Crippen LogP contribution in [0.4, 0.5) is 10.1 Å². The van der Waals surface area contributed by atoms with Gasteiger partial charge in [-0.2, -0.15) is 0 Å². The maximum absolute atomic E-state index is 14.5. The van der Waals surface area contributed by atoms with Gasteiger partial charge < -0.3 is 16.0 Å². The molecule has 0 fully saturated rings. The lowest BCUT2D eigenvalue weighted by Gasteiger charge is -2.09. The highest BCUT2D eigenvalue weighted by Crippen LogP contribution is 2.38. The molecule has 140 valence electrons. The Bertz CT molecular complexity index is 1240. The molecule has 1 aromatic heterocycles. The van der Waals surface area contributed by atoms with E-state index >= 15 is 0 Å². The fourth-order valence-corrected chi connectivity index (χ4v) is 3.59. The van der Waals surface area contributed by atoms with Gasteiger partial charge in [0, 0.05) is 34.5 Å². The van der Waals surface area contributed by atoms with Crippen molar-refractivity contribution >= 4 is 39.3 Å². The Morgan fingerprint density at radius 3 is 2.57 bits per heavy atom. The van der Waals surface area contributed by atoms with Gasteiger partial charge in [0.2, 0.25) is 11.8 Å². The van der Waals surface area contributed by atoms with Gasteiger partial charge in [-0.15, -0.1) is 0 Å². The molecule has 0 bridgehead atoms. The first-order chi connectivity index (χ1) is 13.4. The van der Waals surface area contributed by atoms with E-state index in [1.54, 1.807) is 30.3 Å². The second kappa shape index (κ2) is 6.81. The largest absolute Gasteiger partial charge is 0.369 e. The Hall–Kier alpha value is -3.67. The number of primary amides is 1. The van der Waals surface area contributed by atoms with Crippen molar-refractivity contribution in [3.05, 3.63) is 66.0 Å². The van der Waals surface area contributed by atoms with Gasteiger partial charge in [-0.25, -0.2) is 4.39 Å². The van der Waals surface area contributed by atoms with E-state index in [1.165, 1.54) is 13.0 Å². The molecule has 4 aromatic rings. The van der Waals surface area contributed by atoms with E-state index < -0.39 is 5.91 Å². The molecule has 0 spiro atoms. The number of hydrogen-bond donors (Lipinski definition) is 3. The summed E-state index contributed by atoms with van der Waals surface area (Å²) in [6.45, 7) is 1.44. The summed E-state index contributed by atoms with van der Waals surface area (Å²) in [7, 11) is 0. The summed E-state index contributed by atoms with van der Waals surface area (Å²) >= 11 is 0. The number of carbonyl (C=O) groups is 2. The van der Waals surface area contributed by atoms with Crippen LogP contribution in [0.15, 0.2) is 54.6 Å². The number of nitrogens with one attached hydrogen (secondary N) is 2. The summed E-state index contributed by atoms with van der Waals surface area (Å²) in [5.41, 5.74) is 9.49. The molecule has 0 saturated carbocycles. The van der Waals surface area contributed by atoms with Gasteiger partial charge in [-0.05, 0) is 29.3 Å². The minimum atomic E-state index is -0.447. The van der Waals surface area contributed by atoms with Crippen LogP contribution in [0.1, 0.15) is 12.5 Å². The number of anilines is 1. The van der Waals surface area contributed by atoms with E-state index in [1.807, 2.05) is 18.2 Å². The van der Waals surface area contributed by atoms with Gasteiger partial charge in [0.05, 0.1) is 11.9 Å². The number of amides is 2. The van der Waals surface area contributed by atoms with Gasteiger partial charge in [0.25, 0.3) is 0 Å². The fraction of sp³-hybridized carbons (Fsp3) is 0.0909. The molecule has 4 rings (SSSR count). The van der Waals surface area contributed by atoms with E-state index in [2.05, 4.69) is 10.3 Å². The molecule has 28 heavy (non-hydrogen) atoms. The molecule has 0 atom stereocenters. The van der Waals surface area contributed by atoms with Crippen LogP contribution in [0, 0.1) is 5.82 Å². The molecule has 0 radical (unpaired) electrons. The quantitative estimate of drug-likeness (QED) is 0.501. The van der Waals surface area contributed by atoms with E-state index in [4.69, 9.17) is 5.73 Å². The Kier molecular flexibility index (Phi) is 4.31. The lowest BCUT2D eigenvalue weighted by Crippen LogP contribution is -2.13. The third kappa shape index (κ3) is 3.09. The van der Waals surface area contributed by atoms with Crippen molar-refractivity contribution in [2.75, 3.05) is 5.32 Å². The third-order valence-electron chi connectivity index (χ3n) is 4.69. The predicted molar refractivity (Wildman–Crippen MR) is 108 cm³/mol. The zero-order chi connectivity index (χ0) is 19.8. The molecule has 3 aromatic carbocycles. The zero-order valence-electron chi connectivity index (χ0n) is 15.2. The van der Waals surface area contributed by atoms with Crippen LogP contribution in [0.5, 0.6) is 0 Å². The summed E-state index contributed by atoms with van der Waals surface area (Å²) in [5.74, 6) is -0.940. The van der Waals surface area contributed by atoms with Crippen LogP contribution < -0.4 is 11.1 Å². The van der Waals surface area contributed by atoms with Crippen molar-refractivity contribution in [1.82, 2.24) is 4.98 Å². The number of benzene rings is 3. The molecule has 0 aliphatic carbocycles. The summed E-state index contributed by atoms with van der Waals surface area (Å²) in [4.78, 5) is 26.2. The third-order valence-corrected chi connectivity index (χ3v) is 4.69. The van der Waals surface area contributed by atoms with Gasteiger partial charge >= 0.3 is 0 Å². The Morgan fingerprint density at radius 2 is 1.86 bits per heavy atom. The molecule has 6 heteroatoms. The highest BCUT2D eigenvalue weighted by molar-refractivity contribution is 6.16. The number of aromatic nitrogens is 1. The lowest BCUT2D eigenvalue weighted by molar-refractivity contribution is -0.117. The fourth-order valence-electron chi connectivity index (χ4n) is 3.59. The molecule has 0 aliphatic rings. The highest BCUT2D eigenvalue weighted by atomic mass is 19.1. The van der Waals surface area contributed by atoms with Crippen molar-refractivity contribution in [1.29, 1.82) is 0 Å². The predicted octanol–water partition coefficient (Wildman–Crippen LogP) is 4.11. The molecule has 0 unspecified atom stereocenters. The maximum atomic E-state index is 14.5. The van der Waals surface area contributed by atoms with Crippen molar-refractivity contribution < 1.29 is 14.0 Å². The number of aromatic amines is 1. The van der Waals surface area contributed by atoms with E-state index in [9.17, 15) is 14.0 Å². The van der Waals surface area contributed by atoms with E-state index in [0.29, 0.717) is 11.3 Å². The van der Waals surface area contributed by atoms with Crippen LogP contribution in [-0.2, 0) is 16.0 Å². The summed E-state index contributed by atoms with van der Waals surface area (Å²) in [6.07, 6.45) is 0.0689. The number of nitrogens with two attached hydrogens (primary N) is 1. The van der Waals surface area contributed by atoms with Crippen molar-refractivity contribution in [2.45, 2.75) is 13.3 Å². The topological polar surface area (TPSA) is 88.0 Å². The molecule has 0 saturated heterocycles. The number of halogens is 1. The van der Waals surface area contributed by atoms with Gasteiger partial charge in [0.1, 0.15) is 5.82 Å². The molecular formula is C22H18FN3O2. The Labute approximate surface area is 160 Å². The van der Waals surface area contributed by atoms with Gasteiger partial charge in [-0.3, -0.25) is 9.59 Å². The number of hydrogen-bond acceptors (Lipinski definition) is 2. The summed E-state index contributed by atoms with van der Waals surface area (Å²) < 4.78 is 14.5. The Morgan fingerprint density at radius 1 is 1.07 bits per heavy atom. The number of rotatable bonds is 4. The smallest absolute Gasteiger partial charge is 0.221 e. The maximum Gasteiger partial charge on any atom is 0.221 e. The molecule has 2 amide bonds. The van der Waals surface area contributed by atoms with Crippen molar-refractivity contribution in [3.63, 3.8) is 0 Å². The first kappa shape index (κ1) is 17.7. The zero-order valence-corrected chi connectivity index (χ0v) is 15.2. The minimum Gasteiger partial charge on any atom is -0.369 e. The highest BCUT2D eigenvalue weighted by Gasteiger charge is 2.17. The average Bonchev–Trinajstić information content (AvgIpc) is 3.01. The van der Waals surface area contributed by atoms with Crippen molar-refractivity contribution in [3.8, 4) is 11.1 Å². The normalized spacial score (nSPS) is 11.1. The van der Waals surface area contributed by atoms with E-state index in [-0.39, 0.29) is 18.1 Å². The van der Waals surface area contributed by atoms with Crippen LogP contribution in [0.25, 0.3) is 32.9 Å². The molecular weight excluding hydrogens is 357 g/mol. The number of carbonyl (C=O) groups excluding carboxylic acids is 2. The summed E-state index contributed by atoms with van der Waals surface area (Å²) in [5, 5.41) is 4.43. The second-order valence-corrected chi connectivity index (χ2v) is 6.71. The van der Waals surface area contributed by atoms with Gasteiger partial charge in [0.15, 0.2) is 0 Å². The number of H-pyrrole nitrogens is 1. The van der Waals surface area contributed by atoms with E-state index in [0.717, 1.165) is 32.9 Å². The SMILES string of the molecule is CC(=O)Nc1ccc2c(c1)[nH]c1c(CC(N)=O)ccc(-c3ccccc3F)c12. The van der Waals surface area contributed by atoms with Gasteiger partial charge in [-0.1, -0.05) is 36.4 Å². The molecule has 4 N–H and O–H groups in total. The van der Waals surface area contributed by atoms with Crippen LogP contribution in [-0.4, -0.2) is 16.8 Å². The standard InChI is InChI=1S/C22H18FN3O2/c1-12(27)25-14-7-9-17-19(11-14)26-22-13(10-20(24)28)6-8-16(21(17)22)15-4-2-3-5-18(15)23/h2-9,11,26H,10H2,1H3,(H2,24,28)(H,25,27). The van der Waals surface area contributed by atoms with Crippen LogP contribution >= 0.6 is 0 Å². The average molecular weight is 375 g/mol. The van der Waals surface area contributed by atoms with Crippen LogP contribution in [0.2, 0.25) is 0 Å². The van der Waals surface area contributed by atoms with Crippen LogP contribution in [0.3, 0.4) is 0 Å². The summed E-state index contributed by atoms with van der Waals surface area (Å²) in [6, 6.07) is 15.7. The monoisotopic (exact) mass is 375 g/mol. The number of fused-ring (bicyclic) bond motifs is 3. The first-order valence-electron chi connectivity index (χ1n) is 8.82.